The van der Waals surface area contributed by atoms with Gasteiger partial charge in [-0.05, 0) is 12.1 Å². The number of hydrogen-bond acceptors (Lipinski definition) is 6. The zero-order chi connectivity index (χ0) is 15.5. The van der Waals surface area contributed by atoms with E-state index in [0.29, 0.717) is 37.5 Å². The number of benzene rings is 1. The van der Waals surface area contributed by atoms with Crippen LogP contribution in [0, 0.1) is 0 Å². The molecule has 0 aromatic heterocycles. The van der Waals surface area contributed by atoms with Crippen molar-refractivity contribution in [1.82, 2.24) is 4.72 Å². The molecule has 0 saturated carbocycles. The van der Waals surface area contributed by atoms with E-state index >= 15 is 0 Å². The third kappa shape index (κ3) is 3.85. The minimum Gasteiger partial charge on any atom is -0.495 e. The van der Waals surface area contributed by atoms with Crippen molar-refractivity contribution < 1.29 is 23.0 Å². The summed E-state index contributed by atoms with van der Waals surface area (Å²) in [7, 11) is -2.32. The molecule has 1 fully saturated rings. The summed E-state index contributed by atoms with van der Waals surface area (Å²) < 4.78 is 37.1. The Bertz CT molecular complexity index is 597. The van der Waals surface area contributed by atoms with Crippen molar-refractivity contribution in [2.75, 3.05) is 32.6 Å². The summed E-state index contributed by atoms with van der Waals surface area (Å²) in [5.74, 6) is 0.294. The number of sulfonamides is 1. The van der Waals surface area contributed by atoms with Crippen molar-refractivity contribution in [3.63, 3.8) is 0 Å². The van der Waals surface area contributed by atoms with Gasteiger partial charge in [-0.2, -0.15) is 0 Å². The second-order valence-electron chi connectivity index (χ2n) is 5.07. The highest BCUT2D eigenvalue weighted by Gasteiger charge is 2.31. The van der Waals surface area contributed by atoms with Gasteiger partial charge in [-0.15, -0.1) is 0 Å². The van der Waals surface area contributed by atoms with E-state index in [-0.39, 0.29) is 11.4 Å². The lowest BCUT2D eigenvalue weighted by Gasteiger charge is -2.31. The van der Waals surface area contributed by atoms with Crippen LogP contribution in [0.5, 0.6) is 5.75 Å². The highest BCUT2D eigenvalue weighted by Crippen LogP contribution is 2.25. The van der Waals surface area contributed by atoms with Crippen molar-refractivity contribution in [1.29, 1.82) is 0 Å². The Kier molecular flexibility index (Phi) is 4.72. The van der Waals surface area contributed by atoms with E-state index < -0.39 is 15.6 Å². The first-order chi connectivity index (χ1) is 9.86. The zero-order valence-electron chi connectivity index (χ0n) is 11.8. The fraction of sp³-hybridized carbons (Fsp3) is 0.538. The Hall–Kier alpha value is -1.35. The maximum Gasteiger partial charge on any atom is 0.240 e. The minimum absolute atomic E-state index is 0.0456. The lowest BCUT2D eigenvalue weighted by molar-refractivity contribution is -0.0588. The number of methoxy groups -OCH3 is 1. The molecule has 0 aliphatic carbocycles. The van der Waals surface area contributed by atoms with Crippen LogP contribution in [0.2, 0.25) is 0 Å². The Balaban J connectivity index is 2.11. The average molecular weight is 316 g/mol. The number of ether oxygens (including phenoxy) is 2. The van der Waals surface area contributed by atoms with Crippen molar-refractivity contribution in [2.45, 2.75) is 23.3 Å². The van der Waals surface area contributed by atoms with E-state index in [9.17, 15) is 13.5 Å². The Labute approximate surface area is 124 Å². The molecule has 1 aliphatic rings. The fourth-order valence-corrected chi connectivity index (χ4v) is 3.23. The van der Waals surface area contributed by atoms with Crippen LogP contribution in [0.1, 0.15) is 12.8 Å². The summed E-state index contributed by atoms with van der Waals surface area (Å²) in [6, 6.07) is 4.22. The smallest absolute Gasteiger partial charge is 0.240 e. The molecular weight excluding hydrogens is 296 g/mol. The molecule has 0 bridgehead atoms. The number of nitrogens with one attached hydrogen (secondary N) is 1. The van der Waals surface area contributed by atoms with Crippen LogP contribution in [0.3, 0.4) is 0 Å². The fourth-order valence-electron chi connectivity index (χ4n) is 2.10. The predicted octanol–water partition coefficient (Wildman–Crippen LogP) is 0.0972. The lowest BCUT2D eigenvalue weighted by Crippen LogP contribution is -2.46. The maximum atomic E-state index is 12.2. The summed E-state index contributed by atoms with van der Waals surface area (Å²) in [5, 5.41) is 10.3. The molecule has 21 heavy (non-hydrogen) atoms. The first kappa shape index (κ1) is 16.0. The molecule has 2 rings (SSSR count). The third-order valence-electron chi connectivity index (χ3n) is 3.53. The molecule has 0 amide bonds. The summed E-state index contributed by atoms with van der Waals surface area (Å²) >= 11 is 0. The maximum absolute atomic E-state index is 12.2. The summed E-state index contributed by atoms with van der Waals surface area (Å²) in [5.41, 5.74) is 4.96. The highest BCUT2D eigenvalue weighted by molar-refractivity contribution is 7.89. The lowest BCUT2D eigenvalue weighted by atomic mass is 9.95. The SMILES string of the molecule is COc1cc(S(=O)(=O)NCC2(O)CCOCC2)ccc1N. The number of rotatable bonds is 5. The molecule has 0 spiro atoms. The molecule has 1 aliphatic heterocycles. The first-order valence-electron chi connectivity index (χ1n) is 6.60. The average Bonchev–Trinajstić information content (AvgIpc) is 2.46. The molecule has 118 valence electrons. The second kappa shape index (κ2) is 6.18. The van der Waals surface area contributed by atoms with Gasteiger partial charge in [0.1, 0.15) is 5.75 Å². The zero-order valence-corrected chi connectivity index (χ0v) is 12.6. The Morgan fingerprint density at radius 2 is 2.10 bits per heavy atom. The van der Waals surface area contributed by atoms with Gasteiger partial charge in [0.15, 0.2) is 0 Å². The van der Waals surface area contributed by atoms with Crippen LogP contribution in [0.25, 0.3) is 0 Å². The van der Waals surface area contributed by atoms with E-state index in [2.05, 4.69) is 4.72 Å². The third-order valence-corrected chi connectivity index (χ3v) is 4.93. The second-order valence-corrected chi connectivity index (χ2v) is 6.83. The Morgan fingerprint density at radius 3 is 2.71 bits per heavy atom. The van der Waals surface area contributed by atoms with Crippen LogP contribution in [-0.4, -0.2) is 46.0 Å². The highest BCUT2D eigenvalue weighted by atomic mass is 32.2. The molecule has 0 unspecified atom stereocenters. The van der Waals surface area contributed by atoms with E-state index in [1.165, 1.54) is 25.3 Å². The Morgan fingerprint density at radius 1 is 1.43 bits per heavy atom. The van der Waals surface area contributed by atoms with Gasteiger partial charge < -0.3 is 20.3 Å². The number of hydrogen-bond donors (Lipinski definition) is 3. The molecule has 1 aromatic rings. The van der Waals surface area contributed by atoms with Gasteiger partial charge in [-0.1, -0.05) is 0 Å². The number of aliphatic hydroxyl groups is 1. The molecule has 7 nitrogen and oxygen atoms in total. The van der Waals surface area contributed by atoms with E-state index in [1.807, 2.05) is 0 Å². The molecule has 4 N–H and O–H groups in total. The van der Waals surface area contributed by atoms with Crippen LogP contribution >= 0.6 is 0 Å². The summed E-state index contributed by atoms with van der Waals surface area (Å²) in [6.07, 6.45) is 0.807. The van der Waals surface area contributed by atoms with Crippen LogP contribution in [0.4, 0.5) is 5.69 Å². The largest absolute Gasteiger partial charge is 0.495 e. The van der Waals surface area contributed by atoms with Gasteiger partial charge in [0.05, 0.1) is 23.3 Å². The molecule has 0 radical (unpaired) electrons. The monoisotopic (exact) mass is 316 g/mol. The summed E-state index contributed by atoms with van der Waals surface area (Å²) in [6.45, 7) is 0.799. The van der Waals surface area contributed by atoms with Crippen LogP contribution in [0.15, 0.2) is 23.1 Å². The van der Waals surface area contributed by atoms with Crippen molar-refractivity contribution in [3.05, 3.63) is 18.2 Å². The first-order valence-corrected chi connectivity index (χ1v) is 8.08. The van der Waals surface area contributed by atoms with Gasteiger partial charge in [-0.3, -0.25) is 0 Å². The summed E-state index contributed by atoms with van der Waals surface area (Å²) in [4.78, 5) is 0.0456. The van der Waals surface area contributed by atoms with Gasteiger partial charge in [-0.25, -0.2) is 13.1 Å². The standard InChI is InChI=1S/C13H20N2O5S/c1-19-12-8-10(2-3-11(12)14)21(17,18)15-9-13(16)4-6-20-7-5-13/h2-3,8,15-16H,4-7,9,14H2,1H3. The predicted molar refractivity (Wildman–Crippen MR) is 77.6 cm³/mol. The molecule has 8 heteroatoms. The molecule has 0 atom stereocenters. The van der Waals surface area contributed by atoms with Crippen molar-refractivity contribution >= 4 is 15.7 Å². The van der Waals surface area contributed by atoms with Gasteiger partial charge >= 0.3 is 0 Å². The minimum atomic E-state index is -3.73. The molecule has 1 saturated heterocycles. The van der Waals surface area contributed by atoms with Gasteiger partial charge in [0, 0.05) is 38.7 Å². The van der Waals surface area contributed by atoms with E-state index in [1.54, 1.807) is 0 Å². The topological polar surface area (TPSA) is 111 Å². The molecule has 1 heterocycles. The number of anilines is 1. The van der Waals surface area contributed by atoms with Crippen LogP contribution in [-0.2, 0) is 14.8 Å². The van der Waals surface area contributed by atoms with Crippen LogP contribution < -0.4 is 15.2 Å². The van der Waals surface area contributed by atoms with Crippen molar-refractivity contribution in [2.24, 2.45) is 0 Å². The molecule has 1 aromatic carbocycles. The molecular formula is C13H20N2O5S. The normalized spacial score (nSPS) is 18.4. The number of nitrogen functional groups attached to an aromatic ring is 1. The van der Waals surface area contributed by atoms with E-state index in [0.717, 1.165) is 0 Å². The van der Waals surface area contributed by atoms with Gasteiger partial charge in [0.25, 0.3) is 0 Å². The van der Waals surface area contributed by atoms with E-state index in [4.69, 9.17) is 15.2 Å². The van der Waals surface area contributed by atoms with Gasteiger partial charge in [0.2, 0.25) is 10.0 Å². The number of nitrogens with two attached hydrogens (primary N) is 1. The van der Waals surface area contributed by atoms with Crippen molar-refractivity contribution in [3.8, 4) is 5.75 Å². The quantitative estimate of drug-likeness (QED) is 0.664.